The summed E-state index contributed by atoms with van der Waals surface area (Å²) in [5.74, 6) is 0.208. The number of carbonyl (C=O) groups is 1. The number of rotatable bonds is 6. The molecular weight excluding hydrogens is 308 g/mol. The second kappa shape index (κ2) is 9.38. The van der Waals surface area contributed by atoms with Crippen molar-refractivity contribution in [1.82, 2.24) is 4.90 Å². The number of benzene rings is 2. The summed E-state index contributed by atoms with van der Waals surface area (Å²) in [4.78, 5) is 17.4. The third-order valence-electron chi connectivity index (χ3n) is 4.89. The van der Waals surface area contributed by atoms with Crippen LogP contribution in [0, 0.1) is 0 Å². The van der Waals surface area contributed by atoms with Crippen LogP contribution in [0.2, 0.25) is 0 Å². The van der Waals surface area contributed by atoms with Crippen LogP contribution >= 0.6 is 0 Å². The second-order valence-corrected chi connectivity index (χ2v) is 6.81. The Morgan fingerprint density at radius 2 is 1.44 bits per heavy atom. The lowest BCUT2D eigenvalue weighted by Gasteiger charge is -2.25. The van der Waals surface area contributed by atoms with E-state index < -0.39 is 0 Å². The van der Waals surface area contributed by atoms with Crippen LogP contribution in [0.25, 0.3) is 0 Å². The van der Waals surface area contributed by atoms with Crippen molar-refractivity contribution >= 4 is 11.6 Å². The number of para-hydroxylation sites is 1. The van der Waals surface area contributed by atoms with E-state index in [1.807, 2.05) is 53.4 Å². The van der Waals surface area contributed by atoms with Gasteiger partial charge in [0, 0.05) is 18.7 Å². The minimum atomic E-state index is 0.208. The number of amides is 1. The number of nitrogens with zero attached hydrogens (tertiary/aromatic N) is 2. The van der Waals surface area contributed by atoms with Crippen LogP contribution < -0.4 is 4.90 Å². The fourth-order valence-electron chi connectivity index (χ4n) is 3.45. The summed E-state index contributed by atoms with van der Waals surface area (Å²) < 4.78 is 0. The summed E-state index contributed by atoms with van der Waals surface area (Å²) >= 11 is 0. The van der Waals surface area contributed by atoms with Gasteiger partial charge in [0.2, 0.25) is 5.91 Å². The number of carbonyl (C=O) groups excluding carboxylic acids is 1. The minimum absolute atomic E-state index is 0.208. The standard InChI is InChI=1S/C22H28N2O/c25-22(15-18-23-16-9-1-2-10-17-23)24(21-13-7-4-8-14-21)19-20-11-5-3-6-12-20/h3-8,11-14H,1-2,9-10,15-19H2. The minimum Gasteiger partial charge on any atom is -0.308 e. The summed E-state index contributed by atoms with van der Waals surface area (Å²) in [5, 5.41) is 0. The SMILES string of the molecule is O=C(CCN1CCCCCC1)N(Cc1ccccc1)c1ccccc1. The molecular formula is C22H28N2O. The van der Waals surface area contributed by atoms with Gasteiger partial charge in [-0.3, -0.25) is 4.79 Å². The first-order valence-corrected chi connectivity index (χ1v) is 9.44. The van der Waals surface area contributed by atoms with Crippen molar-refractivity contribution in [1.29, 1.82) is 0 Å². The van der Waals surface area contributed by atoms with Crippen LogP contribution in [0.1, 0.15) is 37.7 Å². The molecule has 1 heterocycles. The smallest absolute Gasteiger partial charge is 0.228 e. The molecule has 1 aliphatic heterocycles. The average Bonchev–Trinajstić information content (AvgIpc) is 2.94. The highest BCUT2D eigenvalue weighted by Gasteiger charge is 2.18. The van der Waals surface area contributed by atoms with E-state index in [9.17, 15) is 4.79 Å². The molecule has 1 saturated heterocycles. The van der Waals surface area contributed by atoms with Crippen molar-refractivity contribution in [2.24, 2.45) is 0 Å². The zero-order valence-electron chi connectivity index (χ0n) is 14.9. The quantitative estimate of drug-likeness (QED) is 0.776. The van der Waals surface area contributed by atoms with E-state index in [1.165, 1.54) is 25.7 Å². The van der Waals surface area contributed by atoms with Crippen molar-refractivity contribution in [2.45, 2.75) is 38.6 Å². The molecule has 132 valence electrons. The lowest BCUT2D eigenvalue weighted by atomic mass is 10.1. The van der Waals surface area contributed by atoms with Gasteiger partial charge < -0.3 is 9.80 Å². The third kappa shape index (κ3) is 5.43. The topological polar surface area (TPSA) is 23.6 Å². The van der Waals surface area contributed by atoms with Crippen LogP contribution in [-0.4, -0.2) is 30.4 Å². The van der Waals surface area contributed by atoms with E-state index in [0.29, 0.717) is 13.0 Å². The van der Waals surface area contributed by atoms with Crippen molar-refractivity contribution in [3.05, 3.63) is 66.2 Å². The van der Waals surface area contributed by atoms with Gasteiger partial charge in [-0.2, -0.15) is 0 Å². The van der Waals surface area contributed by atoms with Gasteiger partial charge in [-0.25, -0.2) is 0 Å². The summed E-state index contributed by atoms with van der Waals surface area (Å²) in [7, 11) is 0. The number of hydrogen-bond acceptors (Lipinski definition) is 2. The predicted molar refractivity (Wildman–Crippen MR) is 104 cm³/mol. The van der Waals surface area contributed by atoms with Crippen molar-refractivity contribution in [2.75, 3.05) is 24.5 Å². The van der Waals surface area contributed by atoms with E-state index in [-0.39, 0.29) is 5.91 Å². The van der Waals surface area contributed by atoms with Gasteiger partial charge in [0.25, 0.3) is 0 Å². The maximum Gasteiger partial charge on any atom is 0.228 e. The summed E-state index contributed by atoms with van der Waals surface area (Å²) in [6, 6.07) is 20.3. The van der Waals surface area contributed by atoms with Gasteiger partial charge in [0.1, 0.15) is 0 Å². The molecule has 0 unspecified atom stereocenters. The highest BCUT2D eigenvalue weighted by atomic mass is 16.2. The van der Waals surface area contributed by atoms with E-state index in [1.54, 1.807) is 0 Å². The van der Waals surface area contributed by atoms with Gasteiger partial charge in [-0.15, -0.1) is 0 Å². The molecule has 1 fully saturated rings. The first kappa shape index (κ1) is 17.7. The molecule has 0 saturated carbocycles. The Morgan fingerprint density at radius 3 is 2.08 bits per heavy atom. The molecule has 2 aromatic rings. The molecule has 0 N–H and O–H groups in total. The maximum atomic E-state index is 13.0. The molecule has 0 spiro atoms. The van der Waals surface area contributed by atoms with Crippen LogP contribution in [0.5, 0.6) is 0 Å². The molecule has 3 rings (SSSR count). The Labute approximate surface area is 151 Å². The Bertz CT molecular complexity index is 634. The van der Waals surface area contributed by atoms with Gasteiger partial charge in [0.05, 0.1) is 6.54 Å². The molecule has 1 aliphatic rings. The van der Waals surface area contributed by atoms with Gasteiger partial charge in [0.15, 0.2) is 0 Å². The Morgan fingerprint density at radius 1 is 0.840 bits per heavy atom. The van der Waals surface area contributed by atoms with Crippen molar-refractivity contribution in [3.8, 4) is 0 Å². The molecule has 0 aliphatic carbocycles. The van der Waals surface area contributed by atoms with Crippen molar-refractivity contribution < 1.29 is 4.79 Å². The van der Waals surface area contributed by atoms with Crippen LogP contribution in [-0.2, 0) is 11.3 Å². The number of hydrogen-bond donors (Lipinski definition) is 0. The average molecular weight is 336 g/mol. The molecule has 25 heavy (non-hydrogen) atoms. The molecule has 1 amide bonds. The molecule has 3 nitrogen and oxygen atoms in total. The highest BCUT2D eigenvalue weighted by molar-refractivity contribution is 5.93. The van der Waals surface area contributed by atoms with E-state index in [4.69, 9.17) is 0 Å². The lowest BCUT2D eigenvalue weighted by molar-refractivity contribution is -0.119. The van der Waals surface area contributed by atoms with Crippen molar-refractivity contribution in [3.63, 3.8) is 0 Å². The largest absolute Gasteiger partial charge is 0.308 e. The van der Waals surface area contributed by atoms with E-state index >= 15 is 0 Å². The summed E-state index contributed by atoms with van der Waals surface area (Å²) in [6.07, 6.45) is 5.77. The fourth-order valence-corrected chi connectivity index (χ4v) is 3.45. The van der Waals surface area contributed by atoms with E-state index in [0.717, 1.165) is 30.9 Å². The zero-order chi connectivity index (χ0) is 17.3. The second-order valence-electron chi connectivity index (χ2n) is 6.81. The lowest BCUT2D eigenvalue weighted by Crippen LogP contribution is -2.34. The van der Waals surface area contributed by atoms with Crippen LogP contribution in [0.4, 0.5) is 5.69 Å². The summed E-state index contributed by atoms with van der Waals surface area (Å²) in [5.41, 5.74) is 2.14. The van der Waals surface area contributed by atoms with Gasteiger partial charge >= 0.3 is 0 Å². The maximum absolute atomic E-state index is 13.0. The van der Waals surface area contributed by atoms with Crippen LogP contribution in [0.15, 0.2) is 60.7 Å². The Balaban J connectivity index is 1.66. The number of anilines is 1. The van der Waals surface area contributed by atoms with Gasteiger partial charge in [-0.05, 0) is 43.6 Å². The van der Waals surface area contributed by atoms with E-state index in [2.05, 4.69) is 17.0 Å². The molecule has 3 heteroatoms. The molecule has 0 aromatic heterocycles. The monoisotopic (exact) mass is 336 g/mol. The molecule has 0 bridgehead atoms. The first-order valence-electron chi connectivity index (χ1n) is 9.44. The Hall–Kier alpha value is -2.13. The molecule has 0 atom stereocenters. The summed E-state index contributed by atoms with van der Waals surface area (Å²) in [6.45, 7) is 3.77. The zero-order valence-corrected chi connectivity index (χ0v) is 14.9. The molecule has 2 aromatic carbocycles. The van der Waals surface area contributed by atoms with Crippen LogP contribution in [0.3, 0.4) is 0 Å². The third-order valence-corrected chi connectivity index (χ3v) is 4.89. The first-order chi connectivity index (χ1) is 12.3. The fraction of sp³-hybridized carbons (Fsp3) is 0.409. The normalized spacial score (nSPS) is 15.5. The Kier molecular flexibility index (Phi) is 6.63. The molecule has 0 radical (unpaired) electrons. The van der Waals surface area contributed by atoms with Gasteiger partial charge in [-0.1, -0.05) is 61.4 Å². The number of likely N-dealkylation sites (tertiary alicyclic amines) is 1. The highest BCUT2D eigenvalue weighted by Crippen LogP contribution is 2.19. The predicted octanol–water partition coefficient (Wildman–Crippen LogP) is 4.49.